The van der Waals surface area contributed by atoms with Crippen molar-refractivity contribution in [3.8, 4) is 0 Å². The van der Waals surface area contributed by atoms with Crippen LogP contribution in [-0.4, -0.2) is 34.6 Å². The summed E-state index contributed by atoms with van der Waals surface area (Å²) in [5, 5.41) is 6.04. The smallest absolute Gasteiger partial charge is 0.319 e. The number of amides is 2. The van der Waals surface area contributed by atoms with Gasteiger partial charge < -0.3 is 10.6 Å². The summed E-state index contributed by atoms with van der Waals surface area (Å²) in [5.41, 5.74) is 0.842. The Morgan fingerprint density at radius 2 is 1.78 bits per heavy atom. The summed E-state index contributed by atoms with van der Waals surface area (Å²) in [6, 6.07) is 9.56. The van der Waals surface area contributed by atoms with Gasteiger partial charge in [0.15, 0.2) is 0 Å². The van der Waals surface area contributed by atoms with Crippen LogP contribution in [0, 0.1) is 0 Å². The van der Waals surface area contributed by atoms with E-state index in [-0.39, 0.29) is 23.2 Å². The molecule has 0 aliphatic carbocycles. The first kappa shape index (κ1) is 17.5. The largest absolute Gasteiger partial charge is 0.335 e. The molecule has 0 spiro atoms. The molecule has 1 aliphatic rings. The fraction of sp³-hybridized carbons (Fsp3) is 0.526. The van der Waals surface area contributed by atoms with E-state index in [1.54, 1.807) is 0 Å². The summed E-state index contributed by atoms with van der Waals surface area (Å²) in [4.78, 5) is 14.7. The molecule has 0 aromatic heterocycles. The highest BCUT2D eigenvalue weighted by molar-refractivity contribution is 5.89. The van der Waals surface area contributed by atoms with Crippen LogP contribution < -0.4 is 10.6 Å². The molecule has 0 bridgehead atoms. The first-order valence-electron chi connectivity index (χ1n) is 8.26. The van der Waals surface area contributed by atoms with Crippen molar-refractivity contribution in [3.63, 3.8) is 0 Å². The molecule has 23 heavy (non-hydrogen) atoms. The van der Waals surface area contributed by atoms with Gasteiger partial charge in [0.25, 0.3) is 0 Å². The van der Waals surface area contributed by atoms with E-state index in [0.717, 1.165) is 25.1 Å². The second-order valence-electron chi connectivity index (χ2n) is 7.59. The summed E-state index contributed by atoms with van der Waals surface area (Å²) in [5.74, 6) is 0. The van der Waals surface area contributed by atoms with Gasteiger partial charge in [0, 0.05) is 29.4 Å². The van der Waals surface area contributed by atoms with Gasteiger partial charge in [-0.25, -0.2) is 4.79 Å². The molecule has 1 saturated heterocycles. The zero-order valence-electron chi connectivity index (χ0n) is 14.7. The fourth-order valence-corrected chi connectivity index (χ4v) is 3.92. The molecular formula is C19H29N3O. The van der Waals surface area contributed by atoms with Gasteiger partial charge in [-0.3, -0.25) is 4.90 Å². The van der Waals surface area contributed by atoms with Crippen LogP contribution in [-0.2, 0) is 0 Å². The van der Waals surface area contributed by atoms with Crippen molar-refractivity contribution >= 4 is 11.7 Å². The summed E-state index contributed by atoms with van der Waals surface area (Å²) in [6.07, 6.45) is 3.80. The number of hydrogen-bond acceptors (Lipinski definition) is 2. The maximum Gasteiger partial charge on any atom is 0.319 e. The average molecular weight is 315 g/mol. The fourth-order valence-electron chi connectivity index (χ4n) is 3.92. The van der Waals surface area contributed by atoms with E-state index < -0.39 is 0 Å². The summed E-state index contributed by atoms with van der Waals surface area (Å²) in [6.45, 7) is 13.7. The van der Waals surface area contributed by atoms with Crippen LogP contribution in [0.15, 0.2) is 43.0 Å². The van der Waals surface area contributed by atoms with E-state index >= 15 is 0 Å². The van der Waals surface area contributed by atoms with E-state index in [1.807, 2.05) is 36.4 Å². The quantitative estimate of drug-likeness (QED) is 0.824. The van der Waals surface area contributed by atoms with E-state index in [0.29, 0.717) is 0 Å². The number of carbonyl (C=O) groups is 1. The van der Waals surface area contributed by atoms with Crippen LogP contribution in [0.4, 0.5) is 10.5 Å². The van der Waals surface area contributed by atoms with Crippen molar-refractivity contribution in [2.75, 3.05) is 11.9 Å². The predicted molar refractivity (Wildman–Crippen MR) is 96.7 cm³/mol. The molecule has 0 unspecified atom stereocenters. The lowest BCUT2D eigenvalue weighted by atomic mass is 9.77. The van der Waals surface area contributed by atoms with Gasteiger partial charge in [-0.15, -0.1) is 6.58 Å². The van der Waals surface area contributed by atoms with Crippen molar-refractivity contribution < 1.29 is 4.79 Å². The zero-order chi connectivity index (χ0) is 17.1. The van der Waals surface area contributed by atoms with E-state index in [1.165, 1.54) is 0 Å². The third kappa shape index (κ3) is 4.35. The molecule has 0 atom stereocenters. The number of benzene rings is 1. The number of urea groups is 1. The maximum absolute atomic E-state index is 12.3. The number of likely N-dealkylation sites (tertiary alicyclic amines) is 1. The van der Waals surface area contributed by atoms with Crippen molar-refractivity contribution in [1.29, 1.82) is 0 Å². The highest BCUT2D eigenvalue weighted by Crippen LogP contribution is 2.38. The van der Waals surface area contributed by atoms with Gasteiger partial charge in [0.1, 0.15) is 0 Å². The topological polar surface area (TPSA) is 44.4 Å². The number of para-hydroxylation sites is 1. The first-order chi connectivity index (χ1) is 10.7. The van der Waals surface area contributed by atoms with Crippen molar-refractivity contribution in [2.45, 2.75) is 57.7 Å². The number of carbonyl (C=O) groups excluding carboxylic acids is 1. The summed E-state index contributed by atoms with van der Waals surface area (Å²) < 4.78 is 0. The zero-order valence-corrected chi connectivity index (χ0v) is 14.7. The Bertz CT molecular complexity index is 533. The molecule has 4 heteroatoms. The maximum atomic E-state index is 12.3. The highest BCUT2D eigenvalue weighted by Gasteiger charge is 2.44. The Morgan fingerprint density at radius 3 is 2.30 bits per heavy atom. The molecule has 1 heterocycles. The number of nitrogens with zero attached hydrogens (tertiary/aromatic N) is 1. The lowest BCUT2D eigenvalue weighted by Crippen LogP contribution is -2.64. The number of piperidine rings is 1. The Hall–Kier alpha value is -1.81. The van der Waals surface area contributed by atoms with Crippen LogP contribution >= 0.6 is 0 Å². The minimum Gasteiger partial charge on any atom is -0.335 e. The molecule has 2 N–H and O–H groups in total. The Kier molecular flexibility index (Phi) is 5.15. The predicted octanol–water partition coefficient (Wildman–Crippen LogP) is 4.02. The molecule has 4 nitrogen and oxygen atoms in total. The Morgan fingerprint density at radius 1 is 1.22 bits per heavy atom. The van der Waals surface area contributed by atoms with Gasteiger partial charge in [-0.05, 0) is 52.7 Å². The highest BCUT2D eigenvalue weighted by atomic mass is 16.2. The van der Waals surface area contributed by atoms with Crippen LogP contribution in [0.25, 0.3) is 0 Å². The van der Waals surface area contributed by atoms with E-state index in [4.69, 9.17) is 0 Å². The Labute approximate surface area is 140 Å². The van der Waals surface area contributed by atoms with Crippen molar-refractivity contribution in [3.05, 3.63) is 43.0 Å². The number of nitrogens with one attached hydrogen (secondary N) is 2. The molecule has 1 fully saturated rings. The first-order valence-corrected chi connectivity index (χ1v) is 8.26. The number of hydrogen-bond donors (Lipinski definition) is 2. The van der Waals surface area contributed by atoms with Gasteiger partial charge >= 0.3 is 6.03 Å². The monoisotopic (exact) mass is 315 g/mol. The molecule has 1 aromatic carbocycles. The lowest BCUT2D eigenvalue weighted by Gasteiger charge is -2.55. The van der Waals surface area contributed by atoms with Crippen LogP contribution in [0.2, 0.25) is 0 Å². The molecule has 0 saturated carbocycles. The van der Waals surface area contributed by atoms with Gasteiger partial charge in [0.05, 0.1) is 0 Å². The number of anilines is 1. The second-order valence-corrected chi connectivity index (χ2v) is 7.59. The normalized spacial score (nSPS) is 20.7. The molecular weight excluding hydrogens is 286 g/mol. The Balaban J connectivity index is 2.01. The van der Waals surface area contributed by atoms with Crippen molar-refractivity contribution in [1.82, 2.24) is 10.2 Å². The van der Waals surface area contributed by atoms with Gasteiger partial charge in [-0.2, -0.15) is 0 Å². The van der Waals surface area contributed by atoms with Crippen LogP contribution in [0.1, 0.15) is 40.5 Å². The average Bonchev–Trinajstić information content (AvgIpc) is 2.43. The SMILES string of the molecule is C=CCN1C(C)(C)CC(NC(=O)Nc2ccccc2)CC1(C)C. The van der Waals surface area contributed by atoms with E-state index in [2.05, 4.69) is 49.8 Å². The standard InChI is InChI=1S/C19H29N3O/c1-6-12-22-18(2,3)13-16(14-19(22,4)5)21-17(23)20-15-10-8-7-9-11-15/h6-11,16H,1,12-14H2,2-5H3,(H2,20,21,23). The minimum atomic E-state index is -0.134. The third-order valence-corrected chi connectivity index (χ3v) is 4.63. The molecule has 1 aliphatic heterocycles. The van der Waals surface area contributed by atoms with Crippen molar-refractivity contribution in [2.24, 2.45) is 0 Å². The summed E-state index contributed by atoms with van der Waals surface area (Å²) in [7, 11) is 0. The van der Waals surface area contributed by atoms with E-state index in [9.17, 15) is 4.79 Å². The third-order valence-electron chi connectivity index (χ3n) is 4.63. The molecule has 0 radical (unpaired) electrons. The van der Waals surface area contributed by atoms with Gasteiger partial charge in [0.2, 0.25) is 0 Å². The minimum absolute atomic E-state index is 0.0145. The molecule has 2 amide bonds. The second kappa shape index (κ2) is 6.75. The number of rotatable bonds is 4. The molecule has 2 rings (SSSR count). The summed E-state index contributed by atoms with van der Waals surface area (Å²) >= 11 is 0. The van der Waals surface area contributed by atoms with Gasteiger partial charge in [-0.1, -0.05) is 24.3 Å². The van der Waals surface area contributed by atoms with Crippen LogP contribution in [0.3, 0.4) is 0 Å². The molecule has 1 aromatic rings. The van der Waals surface area contributed by atoms with Crippen LogP contribution in [0.5, 0.6) is 0 Å². The molecule has 126 valence electrons. The lowest BCUT2D eigenvalue weighted by molar-refractivity contribution is -0.0287.